The van der Waals surface area contributed by atoms with Gasteiger partial charge in [-0.05, 0) is 51.2 Å². The fourth-order valence-electron chi connectivity index (χ4n) is 2.85. The van der Waals surface area contributed by atoms with Crippen LogP contribution in [0.4, 0.5) is 0 Å². The Bertz CT molecular complexity index is 143. The van der Waals surface area contributed by atoms with E-state index in [-0.39, 0.29) is 12.4 Å². The number of nitrogens with two attached hydrogens (primary N) is 1. The Morgan fingerprint density at radius 1 is 1.08 bits per heavy atom. The van der Waals surface area contributed by atoms with E-state index in [0.717, 1.165) is 18.5 Å². The van der Waals surface area contributed by atoms with Gasteiger partial charge in [-0.15, -0.1) is 12.4 Å². The van der Waals surface area contributed by atoms with Gasteiger partial charge >= 0.3 is 0 Å². The van der Waals surface area contributed by atoms with E-state index in [2.05, 4.69) is 4.90 Å². The van der Waals surface area contributed by atoms with Crippen LogP contribution < -0.4 is 5.73 Å². The second-order valence-electron chi connectivity index (χ2n) is 4.24. The summed E-state index contributed by atoms with van der Waals surface area (Å²) >= 11 is 0. The van der Waals surface area contributed by atoms with Gasteiger partial charge in [0.25, 0.3) is 0 Å². The molecule has 2 saturated heterocycles. The molecule has 2 aliphatic heterocycles. The second kappa shape index (κ2) is 5.18. The predicted octanol–water partition coefficient (Wildman–Crippen LogP) is 1.63. The van der Waals surface area contributed by atoms with Crippen molar-refractivity contribution in [3.63, 3.8) is 0 Å². The van der Waals surface area contributed by atoms with Gasteiger partial charge in [-0.2, -0.15) is 0 Å². The monoisotopic (exact) mass is 204 g/mol. The third-order valence-corrected chi connectivity index (χ3v) is 3.53. The summed E-state index contributed by atoms with van der Waals surface area (Å²) < 4.78 is 0. The van der Waals surface area contributed by atoms with E-state index < -0.39 is 0 Å². The highest BCUT2D eigenvalue weighted by atomic mass is 35.5. The second-order valence-corrected chi connectivity index (χ2v) is 4.24. The molecule has 2 N–H and O–H groups in total. The molecule has 2 nitrogen and oxygen atoms in total. The molecule has 0 bridgehead atoms. The summed E-state index contributed by atoms with van der Waals surface area (Å²) in [5.41, 5.74) is 5.78. The van der Waals surface area contributed by atoms with Crippen molar-refractivity contribution in [2.24, 2.45) is 11.7 Å². The highest BCUT2D eigenvalue weighted by Crippen LogP contribution is 2.29. The normalized spacial score (nSPS) is 34.8. The average Bonchev–Trinajstić information content (AvgIpc) is 2.17. The molecule has 2 rings (SSSR count). The molecule has 2 fully saturated rings. The zero-order chi connectivity index (χ0) is 8.39. The Balaban J connectivity index is 0.000000845. The molecule has 0 aromatic rings. The van der Waals surface area contributed by atoms with Crippen LogP contribution >= 0.6 is 12.4 Å². The minimum Gasteiger partial charge on any atom is -0.330 e. The lowest BCUT2D eigenvalue weighted by Gasteiger charge is -2.44. The Hall–Kier alpha value is 0.210. The molecule has 2 atom stereocenters. The maximum atomic E-state index is 5.78. The van der Waals surface area contributed by atoms with Crippen molar-refractivity contribution in [1.29, 1.82) is 0 Å². The van der Waals surface area contributed by atoms with E-state index in [0.29, 0.717) is 0 Å². The van der Waals surface area contributed by atoms with Crippen LogP contribution in [0.25, 0.3) is 0 Å². The number of hydrogen-bond acceptors (Lipinski definition) is 2. The molecule has 0 spiro atoms. The molecular formula is C10H21ClN2. The highest BCUT2D eigenvalue weighted by molar-refractivity contribution is 5.85. The molecule has 3 heteroatoms. The SMILES string of the molecule is Cl.NCC1CCCN2CCCC[C@H]12. The lowest BCUT2D eigenvalue weighted by molar-refractivity contribution is 0.0632. The van der Waals surface area contributed by atoms with Gasteiger partial charge in [0.2, 0.25) is 0 Å². The fraction of sp³-hybridized carbons (Fsp3) is 1.00. The van der Waals surface area contributed by atoms with Crippen molar-refractivity contribution in [2.45, 2.75) is 38.1 Å². The predicted molar refractivity (Wildman–Crippen MR) is 58.2 cm³/mol. The Labute approximate surface area is 87.3 Å². The van der Waals surface area contributed by atoms with E-state index in [1.54, 1.807) is 0 Å². The Kier molecular flexibility index (Phi) is 4.50. The molecule has 2 heterocycles. The maximum absolute atomic E-state index is 5.78. The maximum Gasteiger partial charge on any atom is 0.0136 e. The van der Waals surface area contributed by atoms with Crippen LogP contribution in [0.1, 0.15) is 32.1 Å². The van der Waals surface area contributed by atoms with Crippen molar-refractivity contribution in [1.82, 2.24) is 4.90 Å². The van der Waals surface area contributed by atoms with Gasteiger partial charge in [0.05, 0.1) is 0 Å². The van der Waals surface area contributed by atoms with Crippen LogP contribution in [-0.4, -0.2) is 30.6 Å². The number of nitrogens with zero attached hydrogens (tertiary/aromatic N) is 1. The van der Waals surface area contributed by atoms with Crippen molar-refractivity contribution in [2.75, 3.05) is 19.6 Å². The van der Waals surface area contributed by atoms with Gasteiger partial charge < -0.3 is 10.6 Å². The third kappa shape index (κ3) is 2.36. The largest absolute Gasteiger partial charge is 0.330 e. The molecule has 13 heavy (non-hydrogen) atoms. The molecular weight excluding hydrogens is 184 g/mol. The van der Waals surface area contributed by atoms with E-state index in [1.165, 1.54) is 45.2 Å². The first-order chi connectivity index (χ1) is 5.92. The summed E-state index contributed by atoms with van der Waals surface area (Å²) in [6.07, 6.45) is 6.99. The summed E-state index contributed by atoms with van der Waals surface area (Å²) in [7, 11) is 0. The molecule has 0 aromatic heterocycles. The summed E-state index contributed by atoms with van der Waals surface area (Å²) in [5.74, 6) is 0.805. The van der Waals surface area contributed by atoms with Gasteiger partial charge in [-0.3, -0.25) is 0 Å². The lowest BCUT2D eigenvalue weighted by Crippen LogP contribution is -2.49. The molecule has 78 valence electrons. The fourth-order valence-corrected chi connectivity index (χ4v) is 2.85. The number of halogens is 1. The van der Waals surface area contributed by atoms with E-state index in [1.807, 2.05) is 0 Å². The summed E-state index contributed by atoms with van der Waals surface area (Å²) in [6.45, 7) is 3.57. The minimum atomic E-state index is 0. The quantitative estimate of drug-likeness (QED) is 0.704. The number of piperidine rings is 2. The minimum absolute atomic E-state index is 0. The standard InChI is InChI=1S/C10H20N2.ClH/c11-8-9-4-3-7-12-6-2-1-5-10(9)12;/h9-10H,1-8,11H2;1H/t9?,10-;/m1./s1. The molecule has 1 unspecified atom stereocenters. The van der Waals surface area contributed by atoms with Gasteiger partial charge in [0, 0.05) is 6.04 Å². The number of rotatable bonds is 1. The van der Waals surface area contributed by atoms with Gasteiger partial charge in [-0.1, -0.05) is 6.42 Å². The molecule has 0 aliphatic carbocycles. The lowest BCUT2D eigenvalue weighted by atomic mass is 9.84. The van der Waals surface area contributed by atoms with Crippen molar-refractivity contribution in [3.05, 3.63) is 0 Å². The van der Waals surface area contributed by atoms with Crippen LogP contribution in [0.3, 0.4) is 0 Å². The van der Waals surface area contributed by atoms with Gasteiger partial charge in [0.15, 0.2) is 0 Å². The molecule has 0 amide bonds. The van der Waals surface area contributed by atoms with Crippen LogP contribution in [0.5, 0.6) is 0 Å². The smallest absolute Gasteiger partial charge is 0.0136 e. The average molecular weight is 205 g/mol. The first-order valence-corrected chi connectivity index (χ1v) is 5.36. The van der Waals surface area contributed by atoms with E-state index in [9.17, 15) is 0 Å². The number of fused-ring (bicyclic) bond motifs is 1. The first-order valence-electron chi connectivity index (χ1n) is 5.36. The van der Waals surface area contributed by atoms with Crippen molar-refractivity contribution in [3.8, 4) is 0 Å². The van der Waals surface area contributed by atoms with Crippen molar-refractivity contribution >= 4 is 12.4 Å². The van der Waals surface area contributed by atoms with E-state index in [4.69, 9.17) is 5.73 Å². The van der Waals surface area contributed by atoms with Crippen LogP contribution in [0, 0.1) is 5.92 Å². The molecule has 0 radical (unpaired) electrons. The summed E-state index contributed by atoms with van der Waals surface area (Å²) in [4.78, 5) is 2.67. The molecule has 0 saturated carbocycles. The topological polar surface area (TPSA) is 29.3 Å². The van der Waals surface area contributed by atoms with Gasteiger partial charge in [0.1, 0.15) is 0 Å². The summed E-state index contributed by atoms with van der Waals surface area (Å²) in [6, 6.07) is 0.845. The first kappa shape index (κ1) is 11.3. The Morgan fingerprint density at radius 3 is 2.62 bits per heavy atom. The molecule has 0 aromatic carbocycles. The summed E-state index contributed by atoms with van der Waals surface area (Å²) in [5, 5.41) is 0. The van der Waals surface area contributed by atoms with Crippen LogP contribution in [0.2, 0.25) is 0 Å². The zero-order valence-electron chi connectivity index (χ0n) is 8.24. The zero-order valence-corrected chi connectivity index (χ0v) is 9.06. The van der Waals surface area contributed by atoms with Gasteiger partial charge in [-0.25, -0.2) is 0 Å². The van der Waals surface area contributed by atoms with Crippen LogP contribution in [-0.2, 0) is 0 Å². The highest BCUT2D eigenvalue weighted by Gasteiger charge is 2.31. The van der Waals surface area contributed by atoms with Crippen LogP contribution in [0.15, 0.2) is 0 Å². The Morgan fingerprint density at radius 2 is 1.85 bits per heavy atom. The van der Waals surface area contributed by atoms with Crippen molar-refractivity contribution < 1.29 is 0 Å². The van der Waals surface area contributed by atoms with E-state index >= 15 is 0 Å². The third-order valence-electron chi connectivity index (χ3n) is 3.53. The molecule has 2 aliphatic rings. The number of hydrogen-bond donors (Lipinski definition) is 1.